The van der Waals surface area contributed by atoms with Crippen LogP contribution in [0, 0.1) is 5.92 Å². The van der Waals surface area contributed by atoms with E-state index in [0.717, 1.165) is 0 Å². The Morgan fingerprint density at radius 1 is 1.31 bits per heavy atom. The second-order valence-electron chi connectivity index (χ2n) is 3.63. The van der Waals surface area contributed by atoms with Crippen LogP contribution in [-0.2, 0) is 13.8 Å². The average molecular weight is 246 g/mol. The lowest BCUT2D eigenvalue weighted by atomic mass is 10.2. The van der Waals surface area contributed by atoms with Crippen molar-refractivity contribution in [2.24, 2.45) is 5.92 Å². The molecule has 0 bridgehead atoms. The van der Waals surface area contributed by atoms with Gasteiger partial charge in [-0.15, -0.1) is 0 Å². The first kappa shape index (κ1) is 13.2. The highest BCUT2D eigenvalue weighted by Gasteiger charge is 2.23. The van der Waals surface area contributed by atoms with Gasteiger partial charge >= 0.3 is 7.82 Å². The van der Waals surface area contributed by atoms with Gasteiger partial charge in [0, 0.05) is 0 Å². The summed E-state index contributed by atoms with van der Waals surface area (Å²) >= 11 is 0. The Kier molecular flexibility index (Phi) is 4.96. The number of phosphoric acid groups is 1. The van der Waals surface area contributed by atoms with Crippen LogP contribution >= 0.6 is 7.82 Å². The molecule has 0 amide bonds. The van der Waals surface area contributed by atoms with E-state index in [0.29, 0.717) is 5.75 Å². The molecule has 0 aliphatic rings. The molecule has 0 radical (unpaired) electrons. The lowest BCUT2D eigenvalue weighted by Crippen LogP contribution is -2.04. The van der Waals surface area contributed by atoms with Gasteiger partial charge in [-0.05, 0) is 18.1 Å². The fourth-order valence-electron chi connectivity index (χ4n) is 0.831. The largest absolute Gasteiger partial charge is 0.508 e. The fourth-order valence-corrected chi connectivity index (χ4v) is 1.54. The Bertz CT molecular complexity index is 351. The Morgan fingerprint density at radius 3 is 2.50 bits per heavy atom. The van der Waals surface area contributed by atoms with E-state index in [1.54, 1.807) is 30.3 Å². The molecular weight excluding hydrogens is 231 g/mol. The van der Waals surface area contributed by atoms with Crippen LogP contribution in [-0.4, -0.2) is 11.5 Å². The first-order valence-corrected chi connectivity index (χ1v) is 6.38. The van der Waals surface area contributed by atoms with Crippen molar-refractivity contribution >= 4 is 7.82 Å². The highest BCUT2D eigenvalue weighted by Crippen LogP contribution is 2.43. The summed E-state index contributed by atoms with van der Waals surface area (Å²) in [6.45, 7) is 3.85. The van der Waals surface area contributed by atoms with E-state index in [1.165, 1.54) is 0 Å². The van der Waals surface area contributed by atoms with Crippen LogP contribution in [0.5, 0.6) is 5.75 Å². The van der Waals surface area contributed by atoms with Crippen molar-refractivity contribution in [2.75, 3.05) is 6.61 Å². The number of rotatable bonds is 6. The standard InChI is InChI=1S/C10H15O5P/c1-9(2)8-13-16(11,12)15-14-10-6-4-3-5-7-10/h3-7,9H,8H2,1-2H3,(H,11,12). The molecular formula is C10H15O5P. The molecule has 5 nitrogen and oxygen atoms in total. The van der Waals surface area contributed by atoms with Gasteiger partial charge in [0.15, 0.2) is 5.75 Å². The summed E-state index contributed by atoms with van der Waals surface area (Å²) in [6, 6.07) is 8.43. The van der Waals surface area contributed by atoms with E-state index in [-0.39, 0.29) is 12.5 Å². The zero-order valence-corrected chi connectivity index (χ0v) is 10.1. The van der Waals surface area contributed by atoms with Crippen molar-refractivity contribution in [3.8, 4) is 5.75 Å². The maximum atomic E-state index is 11.3. The van der Waals surface area contributed by atoms with Crippen molar-refractivity contribution < 1.29 is 23.5 Å². The molecule has 90 valence electrons. The van der Waals surface area contributed by atoms with Gasteiger partial charge in [0.2, 0.25) is 0 Å². The molecule has 1 atom stereocenters. The van der Waals surface area contributed by atoms with Crippen molar-refractivity contribution in [2.45, 2.75) is 13.8 Å². The molecule has 1 rings (SSSR count). The maximum absolute atomic E-state index is 11.3. The number of hydrogen-bond donors (Lipinski definition) is 1. The monoisotopic (exact) mass is 246 g/mol. The number of hydrogen-bond acceptors (Lipinski definition) is 4. The maximum Gasteiger partial charge on any atom is 0.508 e. The zero-order valence-electron chi connectivity index (χ0n) is 9.20. The Labute approximate surface area is 94.5 Å². The molecule has 0 aliphatic heterocycles. The van der Waals surface area contributed by atoms with Crippen LogP contribution in [0.1, 0.15) is 13.8 Å². The third-order valence-corrected chi connectivity index (χ3v) is 2.28. The Morgan fingerprint density at radius 2 is 1.94 bits per heavy atom. The van der Waals surface area contributed by atoms with Gasteiger partial charge in [0.1, 0.15) is 0 Å². The smallest absolute Gasteiger partial charge is 0.327 e. The SMILES string of the molecule is CC(C)COP(=O)(O)OOc1ccccc1. The van der Waals surface area contributed by atoms with Crippen LogP contribution in [0.2, 0.25) is 0 Å². The van der Waals surface area contributed by atoms with Crippen LogP contribution in [0.3, 0.4) is 0 Å². The molecule has 1 aromatic rings. The van der Waals surface area contributed by atoms with E-state index in [9.17, 15) is 9.46 Å². The van der Waals surface area contributed by atoms with Gasteiger partial charge < -0.3 is 9.78 Å². The molecule has 1 N–H and O–H groups in total. The second kappa shape index (κ2) is 6.01. The van der Waals surface area contributed by atoms with Gasteiger partial charge in [-0.3, -0.25) is 4.52 Å². The topological polar surface area (TPSA) is 65.0 Å². The normalized spacial score (nSPS) is 14.8. The predicted octanol–water partition coefficient (Wildman–Crippen LogP) is 2.77. The van der Waals surface area contributed by atoms with E-state index in [4.69, 9.17) is 0 Å². The van der Waals surface area contributed by atoms with Crippen LogP contribution in [0.15, 0.2) is 30.3 Å². The minimum atomic E-state index is -4.13. The average Bonchev–Trinajstić information content (AvgIpc) is 2.26. The molecule has 0 aromatic heterocycles. The zero-order chi connectivity index (χ0) is 12.0. The summed E-state index contributed by atoms with van der Waals surface area (Å²) in [5.74, 6) is 0.478. The van der Waals surface area contributed by atoms with Crippen molar-refractivity contribution in [3.63, 3.8) is 0 Å². The molecule has 0 spiro atoms. The minimum Gasteiger partial charge on any atom is -0.327 e. The summed E-state index contributed by atoms with van der Waals surface area (Å²) < 4.78 is 20.3. The van der Waals surface area contributed by atoms with E-state index >= 15 is 0 Å². The van der Waals surface area contributed by atoms with Gasteiger partial charge in [-0.25, -0.2) is 4.57 Å². The van der Waals surface area contributed by atoms with Crippen LogP contribution in [0.25, 0.3) is 0 Å². The molecule has 0 saturated heterocycles. The summed E-state index contributed by atoms with van der Waals surface area (Å²) in [4.78, 5) is 13.9. The van der Waals surface area contributed by atoms with Crippen LogP contribution in [0.4, 0.5) is 0 Å². The van der Waals surface area contributed by atoms with Crippen LogP contribution < -0.4 is 4.89 Å². The fraction of sp³-hybridized carbons (Fsp3) is 0.400. The molecule has 16 heavy (non-hydrogen) atoms. The van der Waals surface area contributed by atoms with Crippen molar-refractivity contribution in [3.05, 3.63) is 30.3 Å². The quantitative estimate of drug-likeness (QED) is 0.475. The first-order chi connectivity index (χ1) is 7.49. The summed E-state index contributed by atoms with van der Waals surface area (Å²) in [5, 5.41) is 0. The van der Waals surface area contributed by atoms with E-state index in [1.807, 2.05) is 13.8 Å². The number of phosphoric ester groups is 1. The predicted molar refractivity (Wildman–Crippen MR) is 58.8 cm³/mol. The third-order valence-electron chi connectivity index (χ3n) is 1.54. The molecule has 1 unspecified atom stereocenters. The van der Waals surface area contributed by atoms with Gasteiger partial charge in [0.25, 0.3) is 0 Å². The first-order valence-electron chi connectivity index (χ1n) is 4.88. The Balaban J connectivity index is 2.39. The summed E-state index contributed by atoms with van der Waals surface area (Å²) in [5.41, 5.74) is 0. The van der Waals surface area contributed by atoms with Crippen molar-refractivity contribution in [1.82, 2.24) is 0 Å². The molecule has 1 aromatic carbocycles. The lowest BCUT2D eigenvalue weighted by molar-refractivity contribution is -0.128. The molecule has 0 aliphatic carbocycles. The second-order valence-corrected chi connectivity index (χ2v) is 4.97. The van der Waals surface area contributed by atoms with Gasteiger partial charge in [0.05, 0.1) is 6.61 Å². The molecule has 6 heteroatoms. The van der Waals surface area contributed by atoms with E-state index in [2.05, 4.69) is 14.1 Å². The summed E-state index contributed by atoms with van der Waals surface area (Å²) in [6.07, 6.45) is 0. The van der Waals surface area contributed by atoms with Gasteiger partial charge in [-0.1, -0.05) is 36.7 Å². The highest BCUT2D eigenvalue weighted by atomic mass is 31.2. The lowest BCUT2D eigenvalue weighted by Gasteiger charge is -2.12. The molecule has 0 saturated carbocycles. The molecule has 0 fully saturated rings. The minimum absolute atomic E-state index is 0.131. The Hall–Kier alpha value is -0.870. The molecule has 0 heterocycles. The number of benzene rings is 1. The highest BCUT2D eigenvalue weighted by molar-refractivity contribution is 7.47. The van der Waals surface area contributed by atoms with Crippen molar-refractivity contribution in [1.29, 1.82) is 0 Å². The van der Waals surface area contributed by atoms with E-state index < -0.39 is 7.82 Å². The summed E-state index contributed by atoms with van der Waals surface area (Å²) in [7, 11) is -4.13. The third kappa shape index (κ3) is 5.28. The number of para-hydroxylation sites is 1. The van der Waals surface area contributed by atoms with Gasteiger partial charge in [-0.2, -0.15) is 0 Å².